The summed E-state index contributed by atoms with van der Waals surface area (Å²) in [5.41, 5.74) is 2.15. The van der Waals surface area contributed by atoms with Gasteiger partial charge in [0.25, 0.3) is 0 Å². The molecule has 0 bridgehead atoms. The van der Waals surface area contributed by atoms with Crippen LogP contribution in [-0.2, 0) is 17.5 Å². The van der Waals surface area contributed by atoms with Crippen LogP contribution >= 0.6 is 0 Å². The standard InChI is InChI=1S/C33H45F4N5O2.C2H2/c1-6-10-27(34)32-28(40-31(33(35,36)37)20-30(32)44-5)21-38-14-12-26(7-2)42-16-9-15-41(17-18-42)22-29-25(11-8-13-39-29)19-24(3)23-43-4;1-2/h6,8,10-11,13,19-21,26,38H,7,9,12,14-18,22-23H2,1-5H3;1-2H/b10-6-,24-19+,28-21-,32-27-;. The summed E-state index contributed by atoms with van der Waals surface area (Å²) in [6.07, 6.45) is 14.0. The van der Waals surface area contributed by atoms with Gasteiger partial charge in [-0.2, -0.15) is 13.2 Å². The number of terminal acetylenes is 1. The normalized spacial score (nSPS) is 16.8. The molecule has 1 aliphatic heterocycles. The molecule has 0 radical (unpaired) electrons. The van der Waals surface area contributed by atoms with Gasteiger partial charge in [0, 0.05) is 57.8 Å². The number of hydrogen-bond acceptors (Lipinski definition) is 7. The molecule has 3 heterocycles. The van der Waals surface area contributed by atoms with Crippen LogP contribution < -0.4 is 20.6 Å². The van der Waals surface area contributed by atoms with Crippen molar-refractivity contribution in [2.24, 2.45) is 0 Å². The van der Waals surface area contributed by atoms with E-state index in [9.17, 15) is 17.6 Å². The highest BCUT2D eigenvalue weighted by Gasteiger charge is 2.33. The van der Waals surface area contributed by atoms with E-state index in [0.29, 0.717) is 13.2 Å². The molecule has 0 aromatic carbocycles. The highest BCUT2D eigenvalue weighted by atomic mass is 19.4. The Morgan fingerprint density at radius 2 is 1.93 bits per heavy atom. The van der Waals surface area contributed by atoms with E-state index in [1.54, 1.807) is 14.0 Å². The maximum atomic E-state index is 14.9. The van der Waals surface area contributed by atoms with Crippen molar-refractivity contribution in [1.29, 1.82) is 0 Å². The Labute approximate surface area is 270 Å². The molecule has 1 fully saturated rings. The van der Waals surface area contributed by atoms with E-state index < -0.39 is 17.7 Å². The van der Waals surface area contributed by atoms with E-state index in [4.69, 9.17) is 9.47 Å². The smallest absolute Gasteiger partial charge is 0.433 e. The Morgan fingerprint density at radius 1 is 1.17 bits per heavy atom. The molecule has 2 aromatic heterocycles. The van der Waals surface area contributed by atoms with Gasteiger partial charge in [0.2, 0.25) is 0 Å². The van der Waals surface area contributed by atoms with Gasteiger partial charge in [0.1, 0.15) is 17.3 Å². The maximum Gasteiger partial charge on any atom is 0.433 e. The van der Waals surface area contributed by atoms with Crippen molar-refractivity contribution >= 4 is 18.1 Å². The number of ether oxygens (including phenoxy) is 2. The van der Waals surface area contributed by atoms with Gasteiger partial charge in [0.15, 0.2) is 0 Å². The molecule has 252 valence electrons. The molecular formula is C35H47F4N5O2. The minimum atomic E-state index is -4.70. The topological polar surface area (TPSA) is 62.8 Å². The summed E-state index contributed by atoms with van der Waals surface area (Å²) in [6, 6.07) is 5.05. The van der Waals surface area contributed by atoms with Gasteiger partial charge in [-0.3, -0.25) is 14.8 Å². The van der Waals surface area contributed by atoms with Crippen molar-refractivity contribution < 1.29 is 27.0 Å². The zero-order valence-corrected chi connectivity index (χ0v) is 27.5. The van der Waals surface area contributed by atoms with Gasteiger partial charge in [-0.25, -0.2) is 9.37 Å². The Balaban J connectivity index is 0.00000361. The molecule has 46 heavy (non-hydrogen) atoms. The van der Waals surface area contributed by atoms with Crippen LogP contribution in [0.4, 0.5) is 17.6 Å². The fraction of sp³-hybridized carbons (Fsp3) is 0.486. The lowest BCUT2D eigenvalue weighted by molar-refractivity contribution is -0.141. The number of pyridine rings is 2. The molecular weight excluding hydrogens is 598 g/mol. The number of alkyl halides is 3. The predicted molar refractivity (Wildman–Crippen MR) is 177 cm³/mol. The van der Waals surface area contributed by atoms with Crippen LogP contribution in [0.5, 0.6) is 5.75 Å². The minimum Gasteiger partial charge on any atom is -0.496 e. The second kappa shape index (κ2) is 19.7. The number of aromatic nitrogens is 2. The largest absolute Gasteiger partial charge is 0.496 e. The fourth-order valence-electron chi connectivity index (χ4n) is 5.46. The van der Waals surface area contributed by atoms with Crippen LogP contribution in [0.1, 0.15) is 57.0 Å². The monoisotopic (exact) mass is 645 g/mol. The number of hydrogen-bond donors (Lipinski definition) is 1. The number of halogens is 4. The Hall–Kier alpha value is -3.72. The van der Waals surface area contributed by atoms with E-state index in [1.165, 1.54) is 25.5 Å². The fourth-order valence-corrected chi connectivity index (χ4v) is 5.46. The molecule has 7 nitrogen and oxygen atoms in total. The van der Waals surface area contributed by atoms with Crippen LogP contribution in [0.3, 0.4) is 0 Å². The van der Waals surface area contributed by atoms with Gasteiger partial charge < -0.3 is 14.8 Å². The molecule has 0 amide bonds. The van der Waals surface area contributed by atoms with Crippen molar-refractivity contribution in [2.75, 3.05) is 53.6 Å². The maximum absolute atomic E-state index is 14.9. The molecule has 1 atom stereocenters. The molecule has 0 spiro atoms. The average Bonchev–Trinajstić information content (AvgIpc) is 3.27. The molecule has 1 saturated heterocycles. The number of rotatable bonds is 13. The number of nitrogens with one attached hydrogen (secondary N) is 1. The molecule has 0 aliphatic carbocycles. The molecule has 3 rings (SSSR count). The molecule has 11 heteroatoms. The van der Waals surface area contributed by atoms with Crippen molar-refractivity contribution in [3.8, 4) is 18.6 Å². The lowest BCUT2D eigenvalue weighted by Gasteiger charge is -2.30. The SMILES string of the molecule is C#C.C\C=C/C(F)=c1/c(OC)cc(C(F)(F)F)n/c1=C\NCCC(CC)N1CCCN(Cc2ncccc2/C=C(\C)COC)CC1. The van der Waals surface area contributed by atoms with Gasteiger partial charge in [-0.05, 0) is 69.5 Å². The van der Waals surface area contributed by atoms with Crippen molar-refractivity contribution in [3.63, 3.8) is 0 Å². The molecule has 1 aliphatic rings. The van der Waals surface area contributed by atoms with Crippen LogP contribution in [0.25, 0.3) is 18.1 Å². The second-order valence-electron chi connectivity index (χ2n) is 10.9. The first-order chi connectivity index (χ1) is 22.1. The Morgan fingerprint density at radius 3 is 2.59 bits per heavy atom. The molecule has 1 unspecified atom stereocenters. The summed E-state index contributed by atoms with van der Waals surface area (Å²) in [6.45, 7) is 11.4. The number of nitrogens with zero attached hydrogens (tertiary/aromatic N) is 4. The zero-order valence-electron chi connectivity index (χ0n) is 27.5. The second-order valence-corrected chi connectivity index (χ2v) is 10.9. The molecule has 0 saturated carbocycles. The van der Waals surface area contributed by atoms with Gasteiger partial charge in [-0.15, -0.1) is 12.8 Å². The van der Waals surface area contributed by atoms with E-state index >= 15 is 0 Å². The van der Waals surface area contributed by atoms with Crippen molar-refractivity contribution in [2.45, 2.75) is 58.8 Å². The zero-order chi connectivity index (χ0) is 34.1. The summed E-state index contributed by atoms with van der Waals surface area (Å²) in [5, 5.41) is 2.81. The highest BCUT2D eigenvalue weighted by molar-refractivity contribution is 5.55. The summed E-state index contributed by atoms with van der Waals surface area (Å²) in [7, 11) is 2.90. The Kier molecular flexibility index (Phi) is 16.5. The van der Waals surface area contributed by atoms with Crippen LogP contribution in [0, 0.1) is 12.8 Å². The third-order valence-corrected chi connectivity index (χ3v) is 7.62. The van der Waals surface area contributed by atoms with E-state index in [2.05, 4.69) is 57.0 Å². The van der Waals surface area contributed by atoms with Crippen LogP contribution in [0.15, 0.2) is 42.1 Å². The highest BCUT2D eigenvalue weighted by Crippen LogP contribution is 2.28. The lowest BCUT2D eigenvalue weighted by Crippen LogP contribution is -2.40. The summed E-state index contributed by atoms with van der Waals surface area (Å²) >= 11 is 0. The van der Waals surface area contributed by atoms with Crippen LogP contribution in [0.2, 0.25) is 0 Å². The first kappa shape index (κ1) is 38.5. The van der Waals surface area contributed by atoms with Crippen molar-refractivity contribution in [3.05, 3.63) is 69.6 Å². The van der Waals surface area contributed by atoms with E-state index in [0.717, 1.165) is 74.9 Å². The van der Waals surface area contributed by atoms with E-state index in [1.807, 2.05) is 19.2 Å². The first-order valence-corrected chi connectivity index (χ1v) is 15.4. The summed E-state index contributed by atoms with van der Waals surface area (Å²) in [5.74, 6) is -0.950. The minimum absolute atomic E-state index is 0.119. The first-order valence-electron chi connectivity index (χ1n) is 15.4. The average molecular weight is 646 g/mol. The van der Waals surface area contributed by atoms with Crippen LogP contribution in [-0.4, -0.2) is 79.4 Å². The van der Waals surface area contributed by atoms with Gasteiger partial charge in [-0.1, -0.05) is 25.1 Å². The summed E-state index contributed by atoms with van der Waals surface area (Å²) in [4.78, 5) is 13.3. The predicted octanol–water partition coefficient (Wildman–Crippen LogP) is 5.16. The lowest BCUT2D eigenvalue weighted by atomic mass is 10.1. The third kappa shape index (κ3) is 11.6. The van der Waals surface area contributed by atoms with Crippen molar-refractivity contribution in [1.82, 2.24) is 25.1 Å². The van der Waals surface area contributed by atoms with E-state index in [-0.39, 0.29) is 22.4 Å². The molecule has 2 aromatic rings. The molecule has 1 N–H and O–H groups in total. The number of methoxy groups -OCH3 is 2. The summed E-state index contributed by atoms with van der Waals surface area (Å²) < 4.78 is 65.8. The Bertz CT molecular complexity index is 1440. The third-order valence-electron chi connectivity index (χ3n) is 7.62. The van der Waals surface area contributed by atoms with Gasteiger partial charge in [0.05, 0.1) is 30.0 Å². The number of allylic oxidation sites excluding steroid dienone is 2. The van der Waals surface area contributed by atoms with Gasteiger partial charge >= 0.3 is 6.18 Å². The quantitative estimate of drug-likeness (QED) is 0.184.